The second-order valence-electron chi connectivity index (χ2n) is 6.14. The Kier molecular flexibility index (Phi) is 6.36. The summed E-state index contributed by atoms with van der Waals surface area (Å²) < 4.78 is 0. The standard InChI is InChI=1S/C17H30N2/c1-6-16(18)11-15-9-7-8-10-17(15)19(14(4)5)12-13(2)3/h7-10,13-14,16H,6,11-12,18H2,1-5H3. The lowest BCUT2D eigenvalue weighted by molar-refractivity contribution is 0.566. The molecule has 1 aromatic rings. The van der Waals surface area contributed by atoms with E-state index in [0.717, 1.165) is 19.4 Å². The minimum Gasteiger partial charge on any atom is -0.369 e. The predicted octanol–water partition coefficient (Wildman–Crippen LogP) is 3.84. The van der Waals surface area contributed by atoms with Crippen molar-refractivity contribution in [2.75, 3.05) is 11.4 Å². The van der Waals surface area contributed by atoms with Crippen LogP contribution in [0.25, 0.3) is 0 Å². The zero-order chi connectivity index (χ0) is 14.4. The van der Waals surface area contributed by atoms with E-state index in [4.69, 9.17) is 5.73 Å². The van der Waals surface area contributed by atoms with Gasteiger partial charge in [-0.15, -0.1) is 0 Å². The van der Waals surface area contributed by atoms with Crippen molar-refractivity contribution in [1.82, 2.24) is 0 Å². The first-order valence-electron chi connectivity index (χ1n) is 7.55. The maximum atomic E-state index is 6.13. The smallest absolute Gasteiger partial charge is 0.0401 e. The van der Waals surface area contributed by atoms with Crippen LogP contribution in [0.15, 0.2) is 24.3 Å². The Hall–Kier alpha value is -1.02. The molecule has 19 heavy (non-hydrogen) atoms. The number of para-hydroxylation sites is 1. The van der Waals surface area contributed by atoms with Crippen LogP contribution in [0.5, 0.6) is 0 Å². The SMILES string of the molecule is CCC(N)Cc1ccccc1N(CC(C)C)C(C)C. The number of benzene rings is 1. The summed E-state index contributed by atoms with van der Waals surface area (Å²) in [6.07, 6.45) is 1.99. The first-order chi connectivity index (χ1) is 8.95. The number of anilines is 1. The lowest BCUT2D eigenvalue weighted by atomic mass is 10.0. The van der Waals surface area contributed by atoms with E-state index in [1.807, 2.05) is 0 Å². The normalized spacial score (nSPS) is 13.1. The summed E-state index contributed by atoms with van der Waals surface area (Å²) in [5.74, 6) is 0.662. The van der Waals surface area contributed by atoms with E-state index in [1.54, 1.807) is 0 Å². The van der Waals surface area contributed by atoms with Gasteiger partial charge < -0.3 is 10.6 Å². The summed E-state index contributed by atoms with van der Waals surface area (Å²) >= 11 is 0. The van der Waals surface area contributed by atoms with Crippen LogP contribution >= 0.6 is 0 Å². The van der Waals surface area contributed by atoms with Gasteiger partial charge in [0.05, 0.1) is 0 Å². The van der Waals surface area contributed by atoms with Crippen LogP contribution in [-0.4, -0.2) is 18.6 Å². The number of hydrogen-bond acceptors (Lipinski definition) is 2. The summed E-state index contributed by atoms with van der Waals surface area (Å²) in [6.45, 7) is 12.3. The molecule has 1 unspecified atom stereocenters. The molecule has 0 amide bonds. The monoisotopic (exact) mass is 262 g/mol. The molecule has 2 nitrogen and oxygen atoms in total. The summed E-state index contributed by atoms with van der Waals surface area (Å²) in [5.41, 5.74) is 8.87. The van der Waals surface area contributed by atoms with Crippen molar-refractivity contribution in [3.05, 3.63) is 29.8 Å². The number of nitrogens with two attached hydrogens (primary N) is 1. The van der Waals surface area contributed by atoms with Gasteiger partial charge in [-0.1, -0.05) is 39.0 Å². The highest BCUT2D eigenvalue weighted by atomic mass is 15.2. The van der Waals surface area contributed by atoms with E-state index in [0.29, 0.717) is 12.0 Å². The van der Waals surface area contributed by atoms with Gasteiger partial charge in [-0.2, -0.15) is 0 Å². The molecule has 0 aliphatic rings. The van der Waals surface area contributed by atoms with E-state index in [-0.39, 0.29) is 6.04 Å². The summed E-state index contributed by atoms with van der Waals surface area (Å²) in [6, 6.07) is 9.48. The molecule has 0 aromatic heterocycles. The highest BCUT2D eigenvalue weighted by Crippen LogP contribution is 2.25. The summed E-state index contributed by atoms with van der Waals surface area (Å²) in [4.78, 5) is 2.50. The molecule has 1 aromatic carbocycles. The van der Waals surface area contributed by atoms with Crippen molar-refractivity contribution in [2.24, 2.45) is 11.7 Å². The number of hydrogen-bond donors (Lipinski definition) is 1. The fraction of sp³-hybridized carbons (Fsp3) is 0.647. The average Bonchev–Trinajstić information content (AvgIpc) is 2.36. The van der Waals surface area contributed by atoms with E-state index in [2.05, 4.69) is 63.8 Å². The molecule has 0 aliphatic heterocycles. The topological polar surface area (TPSA) is 29.3 Å². The van der Waals surface area contributed by atoms with Gasteiger partial charge in [0, 0.05) is 24.3 Å². The van der Waals surface area contributed by atoms with Crippen LogP contribution in [0.3, 0.4) is 0 Å². The molecule has 0 saturated carbocycles. The Morgan fingerprint density at radius 1 is 1.11 bits per heavy atom. The zero-order valence-electron chi connectivity index (χ0n) is 13.2. The van der Waals surface area contributed by atoms with Crippen LogP contribution in [0.2, 0.25) is 0 Å². The van der Waals surface area contributed by atoms with Gasteiger partial charge >= 0.3 is 0 Å². The van der Waals surface area contributed by atoms with Crippen molar-refractivity contribution >= 4 is 5.69 Å². The van der Waals surface area contributed by atoms with Gasteiger partial charge in [0.2, 0.25) is 0 Å². The Balaban J connectivity index is 3.01. The molecule has 0 aliphatic carbocycles. The molecule has 108 valence electrons. The third kappa shape index (κ3) is 4.87. The first kappa shape index (κ1) is 16.0. The lowest BCUT2D eigenvalue weighted by Gasteiger charge is -2.33. The van der Waals surface area contributed by atoms with Crippen molar-refractivity contribution in [1.29, 1.82) is 0 Å². The molecule has 1 rings (SSSR count). The van der Waals surface area contributed by atoms with E-state index < -0.39 is 0 Å². The van der Waals surface area contributed by atoms with Gasteiger partial charge in [-0.3, -0.25) is 0 Å². The molecular formula is C17H30N2. The van der Waals surface area contributed by atoms with Crippen LogP contribution in [-0.2, 0) is 6.42 Å². The highest BCUT2D eigenvalue weighted by Gasteiger charge is 2.16. The van der Waals surface area contributed by atoms with Crippen molar-refractivity contribution in [3.63, 3.8) is 0 Å². The molecule has 0 spiro atoms. The molecule has 2 N–H and O–H groups in total. The number of rotatable bonds is 7. The maximum absolute atomic E-state index is 6.13. The predicted molar refractivity (Wildman–Crippen MR) is 85.7 cm³/mol. The second kappa shape index (κ2) is 7.54. The van der Waals surface area contributed by atoms with Gasteiger partial charge in [0.25, 0.3) is 0 Å². The summed E-state index contributed by atoms with van der Waals surface area (Å²) in [5, 5.41) is 0. The van der Waals surface area contributed by atoms with Crippen molar-refractivity contribution in [2.45, 2.75) is 59.5 Å². The first-order valence-corrected chi connectivity index (χ1v) is 7.55. The van der Waals surface area contributed by atoms with E-state index in [1.165, 1.54) is 11.3 Å². The van der Waals surface area contributed by atoms with Crippen molar-refractivity contribution in [3.8, 4) is 0 Å². The highest BCUT2D eigenvalue weighted by molar-refractivity contribution is 5.54. The lowest BCUT2D eigenvalue weighted by Crippen LogP contribution is -2.35. The zero-order valence-corrected chi connectivity index (χ0v) is 13.2. The Bertz CT molecular complexity index is 371. The minimum absolute atomic E-state index is 0.259. The quantitative estimate of drug-likeness (QED) is 0.809. The molecule has 0 fully saturated rings. The van der Waals surface area contributed by atoms with E-state index >= 15 is 0 Å². The van der Waals surface area contributed by atoms with Gasteiger partial charge in [-0.05, 0) is 44.2 Å². The Morgan fingerprint density at radius 3 is 2.26 bits per heavy atom. The average molecular weight is 262 g/mol. The minimum atomic E-state index is 0.259. The molecule has 0 heterocycles. The molecule has 0 bridgehead atoms. The fourth-order valence-electron chi connectivity index (χ4n) is 2.37. The van der Waals surface area contributed by atoms with Crippen LogP contribution in [0.4, 0.5) is 5.69 Å². The maximum Gasteiger partial charge on any atom is 0.0401 e. The van der Waals surface area contributed by atoms with Crippen LogP contribution < -0.4 is 10.6 Å². The Labute approximate surface area is 119 Å². The van der Waals surface area contributed by atoms with E-state index in [9.17, 15) is 0 Å². The molecule has 1 atom stereocenters. The van der Waals surface area contributed by atoms with Gasteiger partial charge in [0.15, 0.2) is 0 Å². The molecular weight excluding hydrogens is 232 g/mol. The van der Waals surface area contributed by atoms with Crippen LogP contribution in [0, 0.1) is 5.92 Å². The molecule has 0 radical (unpaired) electrons. The summed E-state index contributed by atoms with van der Waals surface area (Å²) in [7, 11) is 0. The molecule has 0 saturated heterocycles. The van der Waals surface area contributed by atoms with Gasteiger partial charge in [0.1, 0.15) is 0 Å². The largest absolute Gasteiger partial charge is 0.369 e. The Morgan fingerprint density at radius 2 is 1.74 bits per heavy atom. The van der Waals surface area contributed by atoms with Crippen LogP contribution in [0.1, 0.15) is 46.6 Å². The van der Waals surface area contributed by atoms with Gasteiger partial charge in [-0.25, -0.2) is 0 Å². The van der Waals surface area contributed by atoms with Crippen molar-refractivity contribution < 1.29 is 0 Å². The molecule has 2 heteroatoms. The fourth-order valence-corrected chi connectivity index (χ4v) is 2.37. The number of nitrogens with zero attached hydrogens (tertiary/aromatic N) is 1. The second-order valence-corrected chi connectivity index (χ2v) is 6.14. The third-order valence-electron chi connectivity index (χ3n) is 3.49. The third-order valence-corrected chi connectivity index (χ3v) is 3.49.